The van der Waals surface area contributed by atoms with E-state index in [0.717, 1.165) is 32.1 Å². The number of alkyl halides is 3. The fourth-order valence-corrected chi connectivity index (χ4v) is 1.62. The fraction of sp³-hybridized carbons (Fsp3) is 0.846. The molecular weight excluding hydrogens is 289 g/mol. The average Bonchev–Trinajstić information content (AvgIpc) is 2.36. The van der Waals surface area contributed by atoms with Crippen LogP contribution < -0.4 is 10.6 Å². The number of urea groups is 1. The fourth-order valence-electron chi connectivity index (χ4n) is 1.62. The van der Waals surface area contributed by atoms with Crippen LogP contribution in [0.25, 0.3) is 0 Å². The second kappa shape index (κ2) is 8.74. The van der Waals surface area contributed by atoms with Crippen molar-refractivity contribution in [2.45, 2.75) is 64.1 Å². The second-order valence-electron chi connectivity index (χ2n) is 5.08. The zero-order valence-electron chi connectivity index (χ0n) is 12.3. The second-order valence-corrected chi connectivity index (χ2v) is 5.08. The van der Waals surface area contributed by atoms with Gasteiger partial charge in [-0.15, -0.1) is 0 Å². The lowest BCUT2D eigenvalue weighted by Gasteiger charge is -2.28. The maximum Gasteiger partial charge on any atom is 0.422 e. The molecule has 0 spiro atoms. The van der Waals surface area contributed by atoms with Crippen molar-refractivity contribution in [3.8, 4) is 0 Å². The molecule has 0 aromatic carbocycles. The molecule has 0 aliphatic heterocycles. The summed E-state index contributed by atoms with van der Waals surface area (Å²) in [6.07, 6.45) is 0.793. The Balaban J connectivity index is 4.10. The van der Waals surface area contributed by atoms with E-state index >= 15 is 0 Å². The number of hydrogen-bond donors (Lipinski definition) is 3. The van der Waals surface area contributed by atoms with Crippen molar-refractivity contribution in [1.82, 2.24) is 10.6 Å². The van der Waals surface area contributed by atoms with Crippen molar-refractivity contribution in [1.29, 1.82) is 0 Å². The number of unbranched alkanes of at least 4 members (excludes halogenated alkanes) is 5. The molecule has 0 aromatic rings. The molecule has 5 nitrogen and oxygen atoms in total. The maximum atomic E-state index is 12.7. The molecule has 2 amide bonds. The quantitative estimate of drug-likeness (QED) is 0.573. The van der Waals surface area contributed by atoms with E-state index in [9.17, 15) is 22.8 Å². The van der Waals surface area contributed by atoms with Crippen molar-refractivity contribution < 1.29 is 27.9 Å². The van der Waals surface area contributed by atoms with Gasteiger partial charge in [-0.05, 0) is 13.3 Å². The highest BCUT2D eigenvalue weighted by molar-refractivity contribution is 5.86. The summed E-state index contributed by atoms with van der Waals surface area (Å²) in [7, 11) is 0. The van der Waals surface area contributed by atoms with Gasteiger partial charge >= 0.3 is 18.2 Å². The van der Waals surface area contributed by atoms with Crippen LogP contribution >= 0.6 is 0 Å². The average molecular weight is 312 g/mol. The molecule has 0 saturated carbocycles. The van der Waals surface area contributed by atoms with Crippen molar-refractivity contribution in [2.75, 3.05) is 6.54 Å². The molecular formula is C13H23F3N2O3. The molecule has 0 saturated heterocycles. The number of rotatable bonds is 9. The van der Waals surface area contributed by atoms with Crippen molar-refractivity contribution >= 4 is 12.0 Å². The Morgan fingerprint density at radius 2 is 1.57 bits per heavy atom. The summed E-state index contributed by atoms with van der Waals surface area (Å²) < 4.78 is 38.0. The third-order valence-corrected chi connectivity index (χ3v) is 3.17. The minimum atomic E-state index is -5.07. The van der Waals surface area contributed by atoms with Crippen LogP contribution in [0.3, 0.4) is 0 Å². The van der Waals surface area contributed by atoms with Gasteiger partial charge in [0.25, 0.3) is 0 Å². The lowest BCUT2D eigenvalue weighted by atomic mass is 10.0. The number of hydrogen-bond acceptors (Lipinski definition) is 2. The minimum Gasteiger partial charge on any atom is -0.479 e. The van der Waals surface area contributed by atoms with Gasteiger partial charge in [0.1, 0.15) is 0 Å². The first-order chi connectivity index (χ1) is 9.65. The molecule has 8 heteroatoms. The summed E-state index contributed by atoms with van der Waals surface area (Å²) in [5, 5.41) is 12.4. The van der Waals surface area contributed by atoms with Gasteiger partial charge in [0.2, 0.25) is 5.54 Å². The summed E-state index contributed by atoms with van der Waals surface area (Å²) in [6, 6.07) is -1.13. The molecule has 0 aromatic heterocycles. The van der Waals surface area contributed by atoms with E-state index in [1.54, 1.807) is 0 Å². The van der Waals surface area contributed by atoms with Crippen LogP contribution in [0.2, 0.25) is 0 Å². The van der Waals surface area contributed by atoms with E-state index < -0.39 is 23.7 Å². The van der Waals surface area contributed by atoms with E-state index in [4.69, 9.17) is 5.11 Å². The highest BCUT2D eigenvalue weighted by atomic mass is 19.4. The monoisotopic (exact) mass is 312 g/mol. The molecule has 0 aliphatic carbocycles. The van der Waals surface area contributed by atoms with Gasteiger partial charge in [-0.3, -0.25) is 0 Å². The molecule has 0 fully saturated rings. The maximum absolute atomic E-state index is 12.7. The van der Waals surface area contributed by atoms with Gasteiger partial charge in [0.15, 0.2) is 0 Å². The highest BCUT2D eigenvalue weighted by Crippen LogP contribution is 2.30. The van der Waals surface area contributed by atoms with E-state index in [0.29, 0.717) is 13.3 Å². The van der Waals surface area contributed by atoms with Gasteiger partial charge in [-0.2, -0.15) is 13.2 Å². The Kier molecular flexibility index (Phi) is 8.12. The molecule has 3 N–H and O–H groups in total. The summed E-state index contributed by atoms with van der Waals surface area (Å²) in [5.74, 6) is -2.15. The number of nitrogens with one attached hydrogen (secondary N) is 2. The number of carbonyl (C=O) groups excluding carboxylic acids is 1. The van der Waals surface area contributed by atoms with Gasteiger partial charge in [-0.25, -0.2) is 9.59 Å². The lowest BCUT2D eigenvalue weighted by molar-refractivity contribution is -0.203. The summed E-state index contributed by atoms with van der Waals surface area (Å²) in [4.78, 5) is 22.1. The Bertz CT molecular complexity index is 348. The summed E-state index contributed by atoms with van der Waals surface area (Å²) in [6.45, 7) is 2.72. The van der Waals surface area contributed by atoms with Crippen molar-refractivity contribution in [3.63, 3.8) is 0 Å². The Labute approximate surface area is 122 Å². The van der Waals surface area contributed by atoms with Crippen LogP contribution in [-0.2, 0) is 4.79 Å². The molecule has 0 heterocycles. The first-order valence-electron chi connectivity index (χ1n) is 7.01. The number of amides is 2. The topological polar surface area (TPSA) is 78.4 Å². The van der Waals surface area contributed by atoms with Crippen molar-refractivity contribution in [2.24, 2.45) is 0 Å². The predicted molar refractivity (Wildman–Crippen MR) is 72.0 cm³/mol. The van der Waals surface area contributed by atoms with Crippen LogP contribution in [0.4, 0.5) is 18.0 Å². The van der Waals surface area contributed by atoms with Crippen LogP contribution in [0.5, 0.6) is 0 Å². The van der Waals surface area contributed by atoms with E-state index in [1.807, 2.05) is 0 Å². The normalized spacial score (nSPS) is 14.3. The molecule has 1 atom stereocenters. The Hall–Kier alpha value is -1.47. The lowest BCUT2D eigenvalue weighted by Crippen LogP contribution is -2.63. The molecule has 1 unspecified atom stereocenters. The first-order valence-corrected chi connectivity index (χ1v) is 7.01. The van der Waals surface area contributed by atoms with Crippen LogP contribution in [-0.4, -0.2) is 35.4 Å². The number of halogens is 3. The van der Waals surface area contributed by atoms with E-state index in [1.165, 1.54) is 5.32 Å². The zero-order valence-corrected chi connectivity index (χ0v) is 12.3. The third-order valence-electron chi connectivity index (χ3n) is 3.17. The molecule has 21 heavy (non-hydrogen) atoms. The van der Waals surface area contributed by atoms with Gasteiger partial charge in [0.05, 0.1) is 0 Å². The largest absolute Gasteiger partial charge is 0.479 e. The SMILES string of the molecule is CCCCCCCCNC(=O)NC(C)(C(=O)O)C(F)(F)F. The molecule has 0 radical (unpaired) electrons. The standard InChI is InChI=1S/C13H23F3N2O3/c1-3-4-5-6-7-8-9-17-11(21)18-12(2,10(19)20)13(14,15)16/h3-9H2,1-2H3,(H,19,20)(H2,17,18,21). The van der Waals surface area contributed by atoms with Gasteiger partial charge in [0, 0.05) is 6.54 Å². The van der Waals surface area contributed by atoms with Gasteiger partial charge < -0.3 is 15.7 Å². The third kappa shape index (κ3) is 6.68. The smallest absolute Gasteiger partial charge is 0.422 e. The first kappa shape index (κ1) is 19.5. The summed E-state index contributed by atoms with van der Waals surface area (Å²) in [5.41, 5.74) is -3.29. The zero-order chi connectivity index (χ0) is 16.5. The van der Waals surface area contributed by atoms with Gasteiger partial charge in [-0.1, -0.05) is 39.0 Å². The number of carboxylic acid groups (broad SMARTS) is 1. The molecule has 124 valence electrons. The Morgan fingerprint density at radius 1 is 1.05 bits per heavy atom. The molecule has 0 aliphatic rings. The number of carbonyl (C=O) groups is 2. The van der Waals surface area contributed by atoms with Crippen LogP contribution in [0.15, 0.2) is 0 Å². The number of aliphatic carboxylic acids is 1. The summed E-state index contributed by atoms with van der Waals surface area (Å²) >= 11 is 0. The van der Waals surface area contributed by atoms with Crippen LogP contribution in [0.1, 0.15) is 52.4 Å². The number of carboxylic acids is 1. The molecule has 0 rings (SSSR count). The Morgan fingerprint density at radius 3 is 2.05 bits per heavy atom. The van der Waals surface area contributed by atoms with Crippen LogP contribution in [0, 0.1) is 0 Å². The minimum absolute atomic E-state index is 0.214. The predicted octanol–water partition coefficient (Wildman–Crippen LogP) is 3.05. The van der Waals surface area contributed by atoms with E-state index in [-0.39, 0.29) is 6.54 Å². The molecule has 0 bridgehead atoms. The van der Waals surface area contributed by atoms with Crippen molar-refractivity contribution in [3.05, 3.63) is 0 Å². The highest BCUT2D eigenvalue weighted by Gasteiger charge is 2.58. The van der Waals surface area contributed by atoms with E-state index in [2.05, 4.69) is 12.2 Å².